The fourth-order valence-electron chi connectivity index (χ4n) is 2.50. The van der Waals surface area contributed by atoms with Crippen molar-refractivity contribution < 1.29 is 14.3 Å². The molecule has 0 unspecified atom stereocenters. The highest BCUT2D eigenvalue weighted by Crippen LogP contribution is 2.24. The van der Waals surface area contributed by atoms with Crippen molar-refractivity contribution in [3.8, 4) is 5.88 Å². The van der Waals surface area contributed by atoms with Crippen LogP contribution in [0, 0.1) is 0 Å². The molecule has 1 amide bonds. The minimum Gasteiger partial charge on any atom is -0.480 e. The van der Waals surface area contributed by atoms with Crippen molar-refractivity contribution in [1.29, 1.82) is 0 Å². The van der Waals surface area contributed by atoms with Gasteiger partial charge in [0.2, 0.25) is 5.88 Å². The fraction of sp³-hybridized carbons (Fsp3) is 0.312. The van der Waals surface area contributed by atoms with E-state index in [1.807, 2.05) is 12.1 Å². The lowest BCUT2D eigenvalue weighted by atomic mass is 10.1. The van der Waals surface area contributed by atoms with Crippen molar-refractivity contribution in [2.45, 2.75) is 6.10 Å². The SMILES string of the molecule is COc1ncccc1C(=O)N1CCO[C@H](c2ccncc2)C1. The van der Waals surface area contributed by atoms with E-state index in [2.05, 4.69) is 9.97 Å². The van der Waals surface area contributed by atoms with Crippen LogP contribution in [0.2, 0.25) is 0 Å². The first-order valence-electron chi connectivity index (χ1n) is 7.09. The highest BCUT2D eigenvalue weighted by atomic mass is 16.5. The zero-order valence-electron chi connectivity index (χ0n) is 12.3. The van der Waals surface area contributed by atoms with Crippen LogP contribution in [0.5, 0.6) is 5.88 Å². The summed E-state index contributed by atoms with van der Waals surface area (Å²) < 4.78 is 10.9. The molecule has 1 aliphatic rings. The third kappa shape index (κ3) is 2.92. The fourth-order valence-corrected chi connectivity index (χ4v) is 2.50. The van der Waals surface area contributed by atoms with Crippen molar-refractivity contribution in [3.63, 3.8) is 0 Å². The summed E-state index contributed by atoms with van der Waals surface area (Å²) in [5.41, 5.74) is 1.49. The number of ether oxygens (including phenoxy) is 2. The standard InChI is InChI=1S/C16H17N3O3/c1-21-15-13(3-2-6-18-15)16(20)19-9-10-22-14(11-19)12-4-7-17-8-5-12/h2-8,14H,9-11H2,1H3/t14-/m0/s1. The predicted molar refractivity (Wildman–Crippen MR) is 79.6 cm³/mol. The van der Waals surface area contributed by atoms with Gasteiger partial charge in [-0.15, -0.1) is 0 Å². The molecule has 0 bridgehead atoms. The van der Waals surface area contributed by atoms with E-state index >= 15 is 0 Å². The highest BCUT2D eigenvalue weighted by molar-refractivity contribution is 5.96. The summed E-state index contributed by atoms with van der Waals surface area (Å²) in [6.45, 7) is 1.56. The van der Waals surface area contributed by atoms with Crippen molar-refractivity contribution in [2.75, 3.05) is 26.8 Å². The summed E-state index contributed by atoms with van der Waals surface area (Å²) in [5.74, 6) is 0.256. The maximum Gasteiger partial charge on any atom is 0.259 e. The Balaban J connectivity index is 1.78. The number of nitrogens with zero attached hydrogens (tertiary/aromatic N) is 3. The van der Waals surface area contributed by atoms with E-state index < -0.39 is 0 Å². The van der Waals surface area contributed by atoms with Crippen LogP contribution >= 0.6 is 0 Å². The average molecular weight is 299 g/mol. The maximum atomic E-state index is 12.7. The summed E-state index contributed by atoms with van der Waals surface area (Å²) in [6, 6.07) is 7.27. The predicted octanol–water partition coefficient (Wildman–Crippen LogP) is 1.70. The molecule has 1 atom stereocenters. The summed E-state index contributed by atoms with van der Waals surface area (Å²) >= 11 is 0. The van der Waals surface area contributed by atoms with Gasteiger partial charge in [0.25, 0.3) is 5.91 Å². The van der Waals surface area contributed by atoms with Gasteiger partial charge in [-0.3, -0.25) is 9.78 Å². The van der Waals surface area contributed by atoms with Gasteiger partial charge >= 0.3 is 0 Å². The lowest BCUT2D eigenvalue weighted by Gasteiger charge is -2.33. The Kier molecular flexibility index (Phi) is 4.29. The number of aromatic nitrogens is 2. The Hall–Kier alpha value is -2.47. The third-order valence-electron chi connectivity index (χ3n) is 3.63. The third-order valence-corrected chi connectivity index (χ3v) is 3.63. The van der Waals surface area contributed by atoms with Crippen molar-refractivity contribution in [2.24, 2.45) is 0 Å². The van der Waals surface area contributed by atoms with Gasteiger partial charge < -0.3 is 14.4 Å². The van der Waals surface area contributed by atoms with Gasteiger partial charge in [-0.2, -0.15) is 0 Å². The molecule has 1 aliphatic heterocycles. The molecule has 0 aliphatic carbocycles. The number of hydrogen-bond acceptors (Lipinski definition) is 5. The second kappa shape index (κ2) is 6.53. The lowest BCUT2D eigenvalue weighted by Crippen LogP contribution is -2.42. The summed E-state index contributed by atoms with van der Waals surface area (Å²) in [7, 11) is 1.51. The van der Waals surface area contributed by atoms with Crippen LogP contribution in [-0.4, -0.2) is 47.6 Å². The molecule has 1 fully saturated rings. The van der Waals surface area contributed by atoms with Crippen LogP contribution < -0.4 is 4.74 Å². The molecular formula is C16H17N3O3. The number of carbonyl (C=O) groups excluding carboxylic acids is 1. The first kappa shape index (κ1) is 14.5. The molecule has 3 heterocycles. The van der Waals surface area contributed by atoms with E-state index in [0.717, 1.165) is 5.56 Å². The van der Waals surface area contributed by atoms with Gasteiger partial charge in [0, 0.05) is 25.1 Å². The second-order valence-electron chi connectivity index (χ2n) is 4.95. The van der Waals surface area contributed by atoms with Crippen LogP contribution in [0.15, 0.2) is 42.9 Å². The first-order chi connectivity index (χ1) is 10.8. The minimum absolute atomic E-state index is 0.0905. The Labute approximate surface area is 128 Å². The number of hydrogen-bond donors (Lipinski definition) is 0. The van der Waals surface area contributed by atoms with Crippen molar-refractivity contribution in [1.82, 2.24) is 14.9 Å². The monoisotopic (exact) mass is 299 g/mol. The van der Waals surface area contributed by atoms with Crippen molar-refractivity contribution in [3.05, 3.63) is 54.0 Å². The molecule has 0 spiro atoms. The Morgan fingerprint density at radius 3 is 2.91 bits per heavy atom. The minimum atomic E-state index is -0.136. The highest BCUT2D eigenvalue weighted by Gasteiger charge is 2.27. The molecule has 1 saturated heterocycles. The topological polar surface area (TPSA) is 64.5 Å². The molecule has 114 valence electrons. The molecule has 6 nitrogen and oxygen atoms in total. The zero-order valence-corrected chi connectivity index (χ0v) is 12.3. The molecule has 0 aromatic carbocycles. The van der Waals surface area contributed by atoms with E-state index in [9.17, 15) is 4.79 Å². The Bertz CT molecular complexity index is 648. The zero-order chi connectivity index (χ0) is 15.4. The summed E-state index contributed by atoms with van der Waals surface area (Å²) in [6.07, 6.45) is 4.92. The van der Waals surface area contributed by atoms with Gasteiger partial charge in [0.15, 0.2) is 0 Å². The van der Waals surface area contributed by atoms with Crippen LogP contribution in [0.4, 0.5) is 0 Å². The van der Waals surface area contributed by atoms with Crippen LogP contribution in [0.3, 0.4) is 0 Å². The maximum absolute atomic E-state index is 12.7. The summed E-state index contributed by atoms with van der Waals surface area (Å²) in [4.78, 5) is 22.6. The Morgan fingerprint density at radius 2 is 2.14 bits per heavy atom. The molecule has 2 aromatic heterocycles. The number of morpholine rings is 1. The first-order valence-corrected chi connectivity index (χ1v) is 7.09. The number of pyridine rings is 2. The quantitative estimate of drug-likeness (QED) is 0.863. The molecular weight excluding hydrogens is 282 g/mol. The lowest BCUT2D eigenvalue weighted by molar-refractivity contribution is -0.0229. The van der Waals surface area contributed by atoms with Crippen molar-refractivity contribution >= 4 is 5.91 Å². The molecule has 0 N–H and O–H groups in total. The normalized spacial score (nSPS) is 18.0. The largest absolute Gasteiger partial charge is 0.480 e. The van der Waals surface area contributed by atoms with E-state index in [0.29, 0.717) is 31.1 Å². The van der Waals surface area contributed by atoms with Gasteiger partial charge in [0.1, 0.15) is 11.7 Å². The van der Waals surface area contributed by atoms with E-state index in [1.165, 1.54) is 7.11 Å². The smallest absolute Gasteiger partial charge is 0.259 e. The number of carbonyl (C=O) groups is 1. The van der Waals surface area contributed by atoms with Gasteiger partial charge in [-0.05, 0) is 29.8 Å². The summed E-state index contributed by atoms with van der Waals surface area (Å²) in [5, 5.41) is 0. The molecule has 3 rings (SSSR count). The van der Waals surface area contributed by atoms with Crippen LogP contribution in [0.25, 0.3) is 0 Å². The average Bonchev–Trinajstić information content (AvgIpc) is 2.62. The molecule has 0 saturated carbocycles. The van der Waals surface area contributed by atoms with Gasteiger partial charge in [0.05, 0.1) is 20.3 Å². The molecule has 0 radical (unpaired) electrons. The molecule has 22 heavy (non-hydrogen) atoms. The van der Waals surface area contributed by atoms with E-state index in [-0.39, 0.29) is 12.0 Å². The van der Waals surface area contributed by atoms with Crippen LogP contribution in [-0.2, 0) is 4.74 Å². The number of rotatable bonds is 3. The van der Waals surface area contributed by atoms with Gasteiger partial charge in [-0.25, -0.2) is 4.98 Å². The number of methoxy groups -OCH3 is 1. The van der Waals surface area contributed by atoms with Crippen LogP contribution in [0.1, 0.15) is 22.0 Å². The molecule has 6 heteroatoms. The van der Waals surface area contributed by atoms with Gasteiger partial charge in [-0.1, -0.05) is 0 Å². The second-order valence-corrected chi connectivity index (χ2v) is 4.95. The number of amides is 1. The van der Waals surface area contributed by atoms with E-state index in [4.69, 9.17) is 9.47 Å². The van der Waals surface area contributed by atoms with E-state index in [1.54, 1.807) is 35.6 Å². The Morgan fingerprint density at radius 1 is 1.32 bits per heavy atom. The molecule has 2 aromatic rings.